The SMILES string of the molecule is NC(=O)NN=Cc1ccc([B-](F)(F)F)cc1. The molecular weight excluding hydrogens is 222 g/mol. The monoisotopic (exact) mass is 230 g/mol. The van der Waals surface area contributed by atoms with Gasteiger partial charge in [0.15, 0.2) is 0 Å². The molecule has 0 bridgehead atoms. The van der Waals surface area contributed by atoms with E-state index in [2.05, 4.69) is 5.10 Å². The second-order valence-corrected chi connectivity index (χ2v) is 2.98. The Morgan fingerprint density at radius 1 is 1.31 bits per heavy atom. The third-order valence-electron chi connectivity index (χ3n) is 1.70. The smallest absolute Gasteiger partial charge is 0.445 e. The van der Waals surface area contributed by atoms with Gasteiger partial charge < -0.3 is 18.7 Å². The van der Waals surface area contributed by atoms with Crippen LogP contribution in [-0.4, -0.2) is 19.2 Å². The highest BCUT2D eigenvalue weighted by atomic mass is 19.4. The van der Waals surface area contributed by atoms with Crippen LogP contribution in [0.2, 0.25) is 0 Å². The van der Waals surface area contributed by atoms with Crippen LogP contribution in [0.3, 0.4) is 0 Å². The van der Waals surface area contributed by atoms with Crippen LogP contribution in [0.1, 0.15) is 5.56 Å². The Morgan fingerprint density at radius 2 is 1.88 bits per heavy atom. The van der Waals surface area contributed by atoms with Gasteiger partial charge in [-0.05, 0) is 5.56 Å². The number of halogens is 3. The van der Waals surface area contributed by atoms with E-state index in [9.17, 15) is 17.7 Å². The summed E-state index contributed by atoms with van der Waals surface area (Å²) in [5.74, 6) is 0. The molecule has 0 atom stereocenters. The first-order chi connectivity index (χ1) is 7.39. The van der Waals surface area contributed by atoms with Gasteiger partial charge in [-0.1, -0.05) is 24.3 Å². The number of hydrogen-bond donors (Lipinski definition) is 2. The maximum atomic E-state index is 12.2. The van der Waals surface area contributed by atoms with Gasteiger partial charge in [-0.15, -0.1) is 5.46 Å². The lowest BCUT2D eigenvalue weighted by atomic mass is 9.80. The molecule has 4 nitrogen and oxygen atoms in total. The van der Waals surface area contributed by atoms with Crippen LogP contribution in [0.25, 0.3) is 0 Å². The standard InChI is InChI=1S/C8H8BF3N3O/c10-9(11,12)7-3-1-6(2-4-7)5-14-15-8(13)16/h1-5H,(H3,13,15,16)/q-1. The molecule has 0 aromatic heterocycles. The van der Waals surface area contributed by atoms with Gasteiger partial charge in [0.1, 0.15) is 0 Å². The summed E-state index contributed by atoms with van der Waals surface area (Å²) >= 11 is 0. The first-order valence-corrected chi connectivity index (χ1v) is 4.28. The molecule has 8 heteroatoms. The van der Waals surface area contributed by atoms with Crippen molar-refractivity contribution >= 4 is 24.7 Å². The van der Waals surface area contributed by atoms with Crippen LogP contribution in [0.4, 0.5) is 17.7 Å². The molecule has 0 fully saturated rings. The van der Waals surface area contributed by atoms with E-state index < -0.39 is 18.5 Å². The van der Waals surface area contributed by atoms with Crippen molar-refractivity contribution in [3.05, 3.63) is 29.8 Å². The molecule has 2 amide bonds. The second-order valence-electron chi connectivity index (χ2n) is 2.98. The minimum atomic E-state index is -4.98. The second kappa shape index (κ2) is 4.69. The molecule has 0 saturated heterocycles. The van der Waals surface area contributed by atoms with Crippen molar-refractivity contribution in [1.29, 1.82) is 0 Å². The van der Waals surface area contributed by atoms with Gasteiger partial charge in [0, 0.05) is 0 Å². The Morgan fingerprint density at radius 3 is 2.31 bits per heavy atom. The molecule has 0 aliphatic carbocycles. The Hall–Kier alpha value is -1.99. The number of carbonyl (C=O) groups excluding carboxylic acids is 1. The summed E-state index contributed by atoms with van der Waals surface area (Å²) in [6.45, 7) is -4.98. The van der Waals surface area contributed by atoms with E-state index in [4.69, 9.17) is 5.73 Å². The molecule has 1 aromatic carbocycles. The Labute approximate surface area is 89.4 Å². The summed E-state index contributed by atoms with van der Waals surface area (Å²) in [7, 11) is 0. The van der Waals surface area contributed by atoms with Crippen LogP contribution in [0, 0.1) is 0 Å². The molecule has 0 radical (unpaired) electrons. The predicted octanol–water partition coefficient (Wildman–Crippen LogP) is 0.743. The molecule has 0 aliphatic heterocycles. The zero-order valence-electron chi connectivity index (χ0n) is 8.03. The van der Waals surface area contributed by atoms with Crippen molar-refractivity contribution in [1.82, 2.24) is 5.43 Å². The average molecular weight is 230 g/mol. The van der Waals surface area contributed by atoms with Gasteiger partial charge in [0.2, 0.25) is 0 Å². The van der Waals surface area contributed by atoms with Crippen molar-refractivity contribution < 1.29 is 17.7 Å². The Bertz CT molecular complexity index is 402. The molecule has 0 spiro atoms. The number of rotatable bonds is 3. The fourth-order valence-electron chi connectivity index (χ4n) is 0.971. The molecular formula is C8H8BF3N3O-. The molecule has 1 rings (SSSR count). The first kappa shape index (κ1) is 12.1. The van der Waals surface area contributed by atoms with E-state index >= 15 is 0 Å². The molecule has 0 saturated carbocycles. The quantitative estimate of drug-likeness (QED) is 0.448. The van der Waals surface area contributed by atoms with Crippen molar-refractivity contribution in [2.75, 3.05) is 0 Å². The number of nitrogens with one attached hydrogen (secondary N) is 1. The fraction of sp³-hybridized carbons (Fsp3) is 0. The lowest BCUT2D eigenvalue weighted by molar-refractivity contribution is 0.249. The van der Waals surface area contributed by atoms with Gasteiger partial charge in [-0.25, -0.2) is 10.2 Å². The van der Waals surface area contributed by atoms with Gasteiger partial charge in [-0.3, -0.25) is 0 Å². The molecule has 0 heterocycles. The summed E-state index contributed by atoms with van der Waals surface area (Å²) in [5.41, 5.74) is 6.40. The largest absolute Gasteiger partial charge is 0.509 e. The van der Waals surface area contributed by atoms with E-state index in [1.807, 2.05) is 5.43 Å². The number of urea groups is 1. The topological polar surface area (TPSA) is 67.5 Å². The number of benzene rings is 1. The highest BCUT2D eigenvalue weighted by Gasteiger charge is 2.24. The lowest BCUT2D eigenvalue weighted by Crippen LogP contribution is -2.33. The zero-order valence-corrected chi connectivity index (χ0v) is 8.03. The third-order valence-corrected chi connectivity index (χ3v) is 1.70. The van der Waals surface area contributed by atoms with E-state index in [0.717, 1.165) is 12.1 Å². The minimum absolute atomic E-state index is 0.428. The first-order valence-electron chi connectivity index (χ1n) is 4.28. The minimum Gasteiger partial charge on any atom is -0.445 e. The van der Waals surface area contributed by atoms with Gasteiger partial charge in [0.25, 0.3) is 0 Å². The number of nitrogens with two attached hydrogens (primary N) is 1. The molecule has 86 valence electrons. The highest BCUT2D eigenvalue weighted by Crippen LogP contribution is 2.08. The van der Waals surface area contributed by atoms with E-state index in [1.54, 1.807) is 0 Å². The zero-order chi connectivity index (χ0) is 12.2. The van der Waals surface area contributed by atoms with Crippen molar-refractivity contribution in [3.8, 4) is 0 Å². The Balaban J connectivity index is 2.72. The number of nitrogens with zero attached hydrogens (tertiary/aromatic N) is 1. The maximum Gasteiger partial charge on any atom is 0.509 e. The van der Waals surface area contributed by atoms with E-state index in [0.29, 0.717) is 5.56 Å². The van der Waals surface area contributed by atoms with Crippen molar-refractivity contribution in [2.45, 2.75) is 0 Å². The van der Waals surface area contributed by atoms with Crippen LogP contribution in [0.15, 0.2) is 29.4 Å². The fourth-order valence-corrected chi connectivity index (χ4v) is 0.971. The lowest BCUT2D eigenvalue weighted by Gasteiger charge is -2.14. The number of hydrogen-bond acceptors (Lipinski definition) is 2. The maximum absolute atomic E-state index is 12.2. The summed E-state index contributed by atoms with van der Waals surface area (Å²) < 4.78 is 36.7. The van der Waals surface area contributed by atoms with E-state index in [1.165, 1.54) is 18.3 Å². The molecule has 0 aliphatic rings. The van der Waals surface area contributed by atoms with Crippen LogP contribution in [-0.2, 0) is 0 Å². The summed E-state index contributed by atoms with van der Waals surface area (Å²) in [5, 5.41) is 3.41. The number of hydrazone groups is 1. The van der Waals surface area contributed by atoms with Gasteiger partial charge >= 0.3 is 13.0 Å². The van der Waals surface area contributed by atoms with Gasteiger partial charge in [-0.2, -0.15) is 5.10 Å². The average Bonchev–Trinajstić information content (AvgIpc) is 2.16. The third kappa shape index (κ3) is 3.64. The molecule has 16 heavy (non-hydrogen) atoms. The summed E-state index contributed by atoms with van der Waals surface area (Å²) in [6, 6.07) is 3.55. The number of carbonyl (C=O) groups is 1. The van der Waals surface area contributed by atoms with Crippen LogP contribution < -0.4 is 16.6 Å². The van der Waals surface area contributed by atoms with Crippen LogP contribution in [0.5, 0.6) is 0 Å². The Kier molecular flexibility index (Phi) is 3.54. The van der Waals surface area contributed by atoms with Gasteiger partial charge in [0.05, 0.1) is 6.21 Å². The molecule has 1 aromatic rings. The van der Waals surface area contributed by atoms with Crippen LogP contribution >= 0.6 is 0 Å². The molecule has 0 unspecified atom stereocenters. The highest BCUT2D eigenvalue weighted by molar-refractivity contribution is 6.73. The number of amides is 2. The molecule has 3 N–H and O–H groups in total. The van der Waals surface area contributed by atoms with E-state index in [-0.39, 0.29) is 0 Å². The normalized spacial score (nSPS) is 11.7. The van der Waals surface area contributed by atoms with Crippen molar-refractivity contribution in [3.63, 3.8) is 0 Å². The predicted molar refractivity (Wildman–Crippen MR) is 55.5 cm³/mol. The number of primary amides is 1. The summed E-state index contributed by atoms with van der Waals surface area (Å²) in [6.07, 6.45) is 1.19. The summed E-state index contributed by atoms with van der Waals surface area (Å²) in [4.78, 5) is 10.2. The van der Waals surface area contributed by atoms with Crippen molar-refractivity contribution in [2.24, 2.45) is 10.8 Å².